The average Bonchev–Trinajstić information content (AvgIpc) is 3.25. The molecule has 0 radical (unpaired) electrons. The minimum Gasteiger partial charge on any atom is -0.486 e. The molecule has 0 spiro atoms. The summed E-state index contributed by atoms with van der Waals surface area (Å²) in [6.07, 6.45) is 1.58. The van der Waals surface area contributed by atoms with E-state index in [2.05, 4.69) is 10.3 Å². The van der Waals surface area contributed by atoms with Crippen molar-refractivity contribution in [1.29, 1.82) is 0 Å². The maximum Gasteiger partial charge on any atom is 0.255 e. The molecule has 3 aromatic rings. The SMILES string of the molecule is CCNC(=O)c1cccc(C)c1OCc1coc(-c2cccs2)n1. The monoisotopic (exact) mass is 342 g/mol. The number of aromatic nitrogens is 1. The first-order valence-corrected chi connectivity index (χ1v) is 8.56. The van der Waals surface area contributed by atoms with Crippen LogP contribution in [0.1, 0.15) is 28.5 Å². The second kappa shape index (κ2) is 7.31. The number of amides is 1. The van der Waals surface area contributed by atoms with Crippen LogP contribution in [-0.2, 0) is 6.61 Å². The molecule has 0 aliphatic rings. The molecule has 24 heavy (non-hydrogen) atoms. The molecule has 0 atom stereocenters. The normalized spacial score (nSPS) is 10.6. The fourth-order valence-corrected chi connectivity index (χ4v) is 2.97. The lowest BCUT2D eigenvalue weighted by atomic mass is 10.1. The van der Waals surface area contributed by atoms with Crippen molar-refractivity contribution in [2.75, 3.05) is 6.54 Å². The lowest BCUT2D eigenvalue weighted by molar-refractivity contribution is 0.0951. The zero-order valence-corrected chi connectivity index (χ0v) is 14.4. The fourth-order valence-electron chi connectivity index (χ4n) is 2.31. The van der Waals surface area contributed by atoms with Crippen LogP contribution in [0.5, 0.6) is 5.75 Å². The first kappa shape index (κ1) is 16.3. The Kier molecular flexibility index (Phi) is 4.96. The van der Waals surface area contributed by atoms with E-state index < -0.39 is 0 Å². The van der Waals surface area contributed by atoms with E-state index in [0.717, 1.165) is 10.4 Å². The van der Waals surface area contributed by atoms with Gasteiger partial charge in [0.05, 0.1) is 10.4 Å². The van der Waals surface area contributed by atoms with Crippen molar-refractivity contribution in [2.24, 2.45) is 0 Å². The molecule has 0 saturated heterocycles. The van der Waals surface area contributed by atoms with Gasteiger partial charge in [0.1, 0.15) is 24.3 Å². The van der Waals surface area contributed by atoms with Gasteiger partial charge in [0.2, 0.25) is 5.89 Å². The highest BCUT2D eigenvalue weighted by atomic mass is 32.1. The van der Waals surface area contributed by atoms with Crippen LogP contribution in [0.3, 0.4) is 0 Å². The summed E-state index contributed by atoms with van der Waals surface area (Å²) in [6, 6.07) is 9.42. The highest BCUT2D eigenvalue weighted by molar-refractivity contribution is 7.13. The summed E-state index contributed by atoms with van der Waals surface area (Å²) in [5.41, 5.74) is 2.11. The number of carbonyl (C=O) groups is 1. The third-order valence-corrected chi connectivity index (χ3v) is 4.30. The van der Waals surface area contributed by atoms with E-state index >= 15 is 0 Å². The van der Waals surface area contributed by atoms with E-state index in [1.54, 1.807) is 23.7 Å². The van der Waals surface area contributed by atoms with Gasteiger partial charge in [-0.1, -0.05) is 18.2 Å². The van der Waals surface area contributed by atoms with E-state index in [0.29, 0.717) is 29.4 Å². The molecule has 0 bridgehead atoms. The van der Waals surface area contributed by atoms with E-state index in [1.165, 1.54) is 0 Å². The summed E-state index contributed by atoms with van der Waals surface area (Å²) in [6.45, 7) is 4.61. The van der Waals surface area contributed by atoms with Gasteiger partial charge in [-0.15, -0.1) is 11.3 Å². The number of para-hydroxylation sites is 1. The van der Waals surface area contributed by atoms with E-state index in [4.69, 9.17) is 9.15 Å². The maximum absolute atomic E-state index is 12.2. The summed E-state index contributed by atoms with van der Waals surface area (Å²) in [4.78, 5) is 17.6. The Morgan fingerprint density at radius 1 is 1.33 bits per heavy atom. The second-order valence-corrected chi connectivity index (χ2v) is 6.17. The number of ether oxygens (including phenoxy) is 1. The molecule has 124 valence electrons. The number of thiophene rings is 1. The van der Waals surface area contributed by atoms with Gasteiger partial charge in [0, 0.05) is 6.54 Å². The molecular formula is C18H18N2O3S. The van der Waals surface area contributed by atoms with Gasteiger partial charge in [-0.2, -0.15) is 0 Å². The fraction of sp³-hybridized carbons (Fsp3) is 0.222. The number of benzene rings is 1. The molecule has 0 aliphatic heterocycles. The molecule has 2 heterocycles. The summed E-state index contributed by atoms with van der Waals surface area (Å²) in [5.74, 6) is 1.01. The van der Waals surface area contributed by atoms with Crippen LogP contribution in [0.2, 0.25) is 0 Å². The highest BCUT2D eigenvalue weighted by Gasteiger charge is 2.15. The summed E-state index contributed by atoms with van der Waals surface area (Å²) < 4.78 is 11.4. The highest BCUT2D eigenvalue weighted by Crippen LogP contribution is 2.26. The van der Waals surface area contributed by atoms with Crippen LogP contribution < -0.4 is 10.1 Å². The third kappa shape index (κ3) is 3.49. The zero-order chi connectivity index (χ0) is 16.9. The van der Waals surface area contributed by atoms with Crippen LogP contribution in [0.15, 0.2) is 46.4 Å². The number of carbonyl (C=O) groups excluding carboxylic acids is 1. The Morgan fingerprint density at radius 3 is 2.96 bits per heavy atom. The topological polar surface area (TPSA) is 64.4 Å². The predicted molar refractivity (Wildman–Crippen MR) is 93.3 cm³/mol. The average molecular weight is 342 g/mol. The Balaban J connectivity index is 1.76. The molecule has 6 heteroatoms. The van der Waals surface area contributed by atoms with Crippen molar-refractivity contribution in [3.63, 3.8) is 0 Å². The Bertz CT molecular complexity index is 825. The Hall–Kier alpha value is -2.60. The van der Waals surface area contributed by atoms with Crippen LogP contribution in [0, 0.1) is 6.92 Å². The standard InChI is InChI=1S/C18H18N2O3S/c1-3-19-17(21)14-7-4-6-12(2)16(14)22-10-13-11-23-18(20-13)15-8-5-9-24-15/h4-9,11H,3,10H2,1-2H3,(H,19,21). The molecule has 1 aromatic carbocycles. The molecule has 0 unspecified atom stereocenters. The van der Waals surface area contributed by atoms with E-state index in [9.17, 15) is 4.79 Å². The smallest absolute Gasteiger partial charge is 0.255 e. The molecule has 0 aliphatic carbocycles. The van der Waals surface area contributed by atoms with Gasteiger partial charge in [-0.05, 0) is 36.9 Å². The lowest BCUT2D eigenvalue weighted by Crippen LogP contribution is -2.23. The predicted octanol–water partition coefficient (Wildman–Crippen LogP) is 4.04. The van der Waals surface area contributed by atoms with Crippen molar-refractivity contribution < 1.29 is 13.9 Å². The zero-order valence-electron chi connectivity index (χ0n) is 13.5. The molecule has 0 saturated carbocycles. The second-order valence-electron chi connectivity index (χ2n) is 5.22. The number of rotatable bonds is 6. The van der Waals surface area contributed by atoms with Crippen LogP contribution in [-0.4, -0.2) is 17.4 Å². The third-order valence-electron chi connectivity index (χ3n) is 3.44. The van der Waals surface area contributed by atoms with Crippen molar-refractivity contribution in [1.82, 2.24) is 10.3 Å². The Morgan fingerprint density at radius 2 is 2.21 bits per heavy atom. The molecule has 1 N–H and O–H groups in total. The van der Waals surface area contributed by atoms with Gasteiger partial charge in [0.15, 0.2) is 0 Å². The number of hydrogen-bond donors (Lipinski definition) is 1. The molecule has 1 amide bonds. The molecule has 0 fully saturated rings. The first-order chi connectivity index (χ1) is 11.7. The van der Waals surface area contributed by atoms with Gasteiger partial charge in [-0.25, -0.2) is 4.98 Å². The number of nitrogens with zero attached hydrogens (tertiary/aromatic N) is 1. The lowest BCUT2D eigenvalue weighted by Gasteiger charge is -2.12. The van der Waals surface area contributed by atoms with Gasteiger partial charge < -0.3 is 14.5 Å². The molecule has 2 aromatic heterocycles. The van der Waals surface area contributed by atoms with Gasteiger partial charge in [-0.3, -0.25) is 4.79 Å². The van der Waals surface area contributed by atoms with E-state index in [1.807, 2.05) is 43.5 Å². The summed E-state index contributed by atoms with van der Waals surface area (Å²) in [5, 5.41) is 4.77. The molecular weight excluding hydrogens is 324 g/mol. The largest absolute Gasteiger partial charge is 0.486 e. The van der Waals surface area contributed by atoms with Crippen LogP contribution >= 0.6 is 11.3 Å². The Labute approximate surface area is 144 Å². The maximum atomic E-state index is 12.2. The minimum atomic E-state index is -0.143. The summed E-state index contributed by atoms with van der Waals surface area (Å²) >= 11 is 1.57. The molecule has 5 nitrogen and oxygen atoms in total. The quantitative estimate of drug-likeness (QED) is 0.734. The number of oxazole rings is 1. The van der Waals surface area contributed by atoms with Crippen LogP contribution in [0.25, 0.3) is 10.8 Å². The van der Waals surface area contributed by atoms with Crippen molar-refractivity contribution >= 4 is 17.2 Å². The van der Waals surface area contributed by atoms with E-state index in [-0.39, 0.29) is 12.5 Å². The number of hydrogen-bond acceptors (Lipinski definition) is 5. The van der Waals surface area contributed by atoms with Crippen molar-refractivity contribution in [2.45, 2.75) is 20.5 Å². The number of aryl methyl sites for hydroxylation is 1. The minimum absolute atomic E-state index is 0.143. The van der Waals surface area contributed by atoms with Gasteiger partial charge in [0.25, 0.3) is 5.91 Å². The van der Waals surface area contributed by atoms with Crippen molar-refractivity contribution in [3.8, 4) is 16.5 Å². The summed E-state index contributed by atoms with van der Waals surface area (Å²) in [7, 11) is 0. The number of nitrogens with one attached hydrogen (secondary N) is 1. The van der Waals surface area contributed by atoms with Crippen LogP contribution in [0.4, 0.5) is 0 Å². The first-order valence-electron chi connectivity index (χ1n) is 7.68. The molecule has 3 rings (SSSR count). The van der Waals surface area contributed by atoms with Crippen molar-refractivity contribution in [3.05, 3.63) is 58.8 Å². The van der Waals surface area contributed by atoms with Gasteiger partial charge >= 0.3 is 0 Å².